The maximum absolute atomic E-state index is 11.3. The molecule has 3 rings (SSSR count). The molecule has 24 heavy (non-hydrogen) atoms. The minimum absolute atomic E-state index is 0.220. The van der Waals surface area contributed by atoms with Gasteiger partial charge in [0.1, 0.15) is 0 Å². The molecule has 3 N–H and O–H groups in total. The molecule has 4 nitrogen and oxygen atoms in total. The normalized spacial score (nSPS) is 16.2. The number of hydrogen-bond acceptors (Lipinski definition) is 3. The Kier molecular flexibility index (Phi) is 5.40. The fraction of sp³-hybridized carbons (Fsp3) is 0.316. The van der Waals surface area contributed by atoms with Crippen molar-refractivity contribution >= 4 is 34.2 Å². The Morgan fingerprint density at radius 1 is 1.17 bits per heavy atom. The van der Waals surface area contributed by atoms with Gasteiger partial charge in [0.15, 0.2) is 0 Å². The van der Waals surface area contributed by atoms with Crippen LogP contribution in [0.1, 0.15) is 40.2 Å². The Morgan fingerprint density at radius 3 is 2.46 bits per heavy atom. The molecule has 0 saturated carbocycles. The second kappa shape index (κ2) is 7.53. The average molecular weight is 436 g/mol. The van der Waals surface area contributed by atoms with Gasteiger partial charge in [0, 0.05) is 10.1 Å². The lowest BCUT2D eigenvalue weighted by Gasteiger charge is -2.33. The highest BCUT2D eigenvalue weighted by atomic mass is 127. The van der Waals surface area contributed by atoms with E-state index in [-0.39, 0.29) is 5.56 Å². The zero-order valence-electron chi connectivity index (χ0n) is 13.4. The highest BCUT2D eigenvalue weighted by Gasteiger charge is 2.26. The van der Waals surface area contributed by atoms with E-state index in [1.807, 2.05) is 12.1 Å². The van der Waals surface area contributed by atoms with E-state index in [1.165, 1.54) is 5.56 Å². The lowest BCUT2D eigenvalue weighted by Crippen LogP contribution is -2.33. The van der Waals surface area contributed by atoms with Crippen LogP contribution in [0.3, 0.4) is 0 Å². The van der Waals surface area contributed by atoms with Crippen molar-refractivity contribution in [2.24, 2.45) is 0 Å². The molecule has 1 fully saturated rings. The zero-order chi connectivity index (χ0) is 17.1. The van der Waals surface area contributed by atoms with E-state index in [0.29, 0.717) is 11.6 Å². The van der Waals surface area contributed by atoms with Gasteiger partial charge in [0.25, 0.3) is 0 Å². The molecule has 1 saturated heterocycles. The van der Waals surface area contributed by atoms with Crippen LogP contribution in [-0.2, 0) is 6.54 Å². The van der Waals surface area contributed by atoms with Crippen LogP contribution < -0.4 is 5.73 Å². The van der Waals surface area contributed by atoms with Crippen molar-refractivity contribution in [2.75, 3.05) is 18.8 Å². The first kappa shape index (κ1) is 17.2. The molecule has 1 aliphatic rings. The zero-order valence-corrected chi connectivity index (χ0v) is 15.6. The lowest BCUT2D eigenvalue weighted by molar-refractivity contribution is 0.0698. The van der Waals surface area contributed by atoms with Gasteiger partial charge in [-0.25, -0.2) is 4.79 Å². The molecule has 126 valence electrons. The van der Waals surface area contributed by atoms with Gasteiger partial charge in [0.05, 0.1) is 11.3 Å². The number of piperidine rings is 1. The number of carboxylic acid groups (broad SMARTS) is 1. The van der Waals surface area contributed by atoms with E-state index < -0.39 is 5.97 Å². The minimum atomic E-state index is -0.952. The predicted octanol–water partition coefficient (Wildman–Crippen LogP) is 3.95. The fourth-order valence-electron chi connectivity index (χ4n) is 3.43. The van der Waals surface area contributed by atoms with E-state index in [9.17, 15) is 9.90 Å². The van der Waals surface area contributed by atoms with Gasteiger partial charge in [-0.15, -0.1) is 0 Å². The van der Waals surface area contributed by atoms with Crippen molar-refractivity contribution in [3.8, 4) is 0 Å². The van der Waals surface area contributed by atoms with Crippen LogP contribution in [0.5, 0.6) is 0 Å². The largest absolute Gasteiger partial charge is 0.478 e. The summed E-state index contributed by atoms with van der Waals surface area (Å²) in [5.74, 6) is -0.616. The molecule has 0 amide bonds. The highest BCUT2D eigenvalue weighted by Crippen LogP contribution is 2.36. The smallest absolute Gasteiger partial charge is 0.337 e. The van der Waals surface area contributed by atoms with Gasteiger partial charge in [-0.3, -0.25) is 4.90 Å². The molecule has 0 atom stereocenters. The number of rotatable bonds is 4. The van der Waals surface area contributed by atoms with Crippen LogP contribution in [0.15, 0.2) is 42.5 Å². The van der Waals surface area contributed by atoms with Crippen LogP contribution >= 0.6 is 22.6 Å². The van der Waals surface area contributed by atoms with Crippen molar-refractivity contribution in [3.05, 3.63) is 62.7 Å². The molecule has 0 unspecified atom stereocenters. The number of nitrogens with two attached hydrogens (primary N) is 1. The Labute approximate surface area is 155 Å². The summed E-state index contributed by atoms with van der Waals surface area (Å²) in [7, 11) is 0. The van der Waals surface area contributed by atoms with Crippen molar-refractivity contribution in [1.29, 1.82) is 0 Å². The van der Waals surface area contributed by atoms with E-state index in [1.54, 1.807) is 6.07 Å². The number of benzene rings is 2. The van der Waals surface area contributed by atoms with Crippen LogP contribution in [0.4, 0.5) is 5.69 Å². The molecular formula is C19H21IN2O2. The summed E-state index contributed by atoms with van der Waals surface area (Å²) in [5, 5.41) is 9.29. The van der Waals surface area contributed by atoms with Crippen molar-refractivity contribution in [2.45, 2.75) is 25.3 Å². The third-order valence-corrected chi connectivity index (χ3v) is 5.65. The number of carboxylic acids is 1. The molecule has 5 heteroatoms. The summed E-state index contributed by atoms with van der Waals surface area (Å²) in [6.45, 7) is 2.98. The van der Waals surface area contributed by atoms with Gasteiger partial charge in [0.2, 0.25) is 0 Å². The number of carbonyl (C=O) groups is 1. The van der Waals surface area contributed by atoms with Crippen molar-refractivity contribution in [3.63, 3.8) is 0 Å². The first-order chi connectivity index (χ1) is 11.6. The molecule has 0 spiro atoms. The molecule has 0 radical (unpaired) electrons. The van der Waals surface area contributed by atoms with E-state index in [4.69, 9.17) is 5.73 Å². The Balaban J connectivity index is 1.71. The predicted molar refractivity (Wildman–Crippen MR) is 104 cm³/mol. The SMILES string of the molecule is Nc1c(C(=O)O)ccc(I)c1C1CCN(Cc2ccccc2)CC1. The summed E-state index contributed by atoms with van der Waals surface area (Å²) in [6.07, 6.45) is 2.02. The van der Waals surface area contributed by atoms with Crippen LogP contribution in [0, 0.1) is 3.57 Å². The van der Waals surface area contributed by atoms with Gasteiger partial charge < -0.3 is 10.8 Å². The van der Waals surface area contributed by atoms with Gasteiger partial charge in [-0.2, -0.15) is 0 Å². The number of nitrogens with zero attached hydrogens (tertiary/aromatic N) is 1. The van der Waals surface area contributed by atoms with Crippen molar-refractivity contribution < 1.29 is 9.90 Å². The number of halogens is 1. The Hall–Kier alpha value is -1.60. The van der Waals surface area contributed by atoms with E-state index in [2.05, 4.69) is 51.8 Å². The standard InChI is InChI=1S/C19H21IN2O2/c20-16-7-6-15(19(23)24)18(21)17(16)14-8-10-22(11-9-14)12-13-4-2-1-3-5-13/h1-7,14H,8-12,21H2,(H,23,24). The molecule has 0 aliphatic carbocycles. The molecule has 1 aliphatic heterocycles. The minimum Gasteiger partial charge on any atom is -0.478 e. The van der Waals surface area contributed by atoms with Crippen LogP contribution in [0.25, 0.3) is 0 Å². The Bertz CT molecular complexity index is 726. The van der Waals surface area contributed by atoms with E-state index in [0.717, 1.165) is 41.6 Å². The van der Waals surface area contributed by atoms with Crippen LogP contribution in [-0.4, -0.2) is 29.1 Å². The first-order valence-electron chi connectivity index (χ1n) is 8.13. The third kappa shape index (κ3) is 3.72. The molecule has 0 bridgehead atoms. The first-order valence-corrected chi connectivity index (χ1v) is 9.21. The molecule has 2 aromatic carbocycles. The second-order valence-electron chi connectivity index (χ2n) is 6.26. The van der Waals surface area contributed by atoms with Gasteiger partial charge in [-0.1, -0.05) is 30.3 Å². The topological polar surface area (TPSA) is 66.6 Å². The maximum Gasteiger partial charge on any atom is 0.337 e. The molecular weight excluding hydrogens is 415 g/mol. The number of aromatic carboxylic acids is 1. The summed E-state index contributed by atoms with van der Waals surface area (Å²) < 4.78 is 1.07. The molecule has 0 aromatic heterocycles. The second-order valence-corrected chi connectivity index (χ2v) is 7.43. The summed E-state index contributed by atoms with van der Waals surface area (Å²) >= 11 is 2.27. The summed E-state index contributed by atoms with van der Waals surface area (Å²) in [6, 6.07) is 14.0. The lowest BCUT2D eigenvalue weighted by atomic mass is 9.87. The summed E-state index contributed by atoms with van der Waals surface area (Å²) in [4.78, 5) is 13.8. The Morgan fingerprint density at radius 2 is 1.83 bits per heavy atom. The van der Waals surface area contributed by atoms with Crippen molar-refractivity contribution in [1.82, 2.24) is 4.90 Å². The number of hydrogen-bond donors (Lipinski definition) is 2. The summed E-state index contributed by atoms with van der Waals surface area (Å²) in [5.41, 5.74) is 9.19. The average Bonchev–Trinajstić information content (AvgIpc) is 2.57. The highest BCUT2D eigenvalue weighted by molar-refractivity contribution is 14.1. The third-order valence-electron chi connectivity index (χ3n) is 4.71. The number of anilines is 1. The van der Waals surface area contributed by atoms with E-state index >= 15 is 0 Å². The number of nitrogen functional groups attached to an aromatic ring is 1. The fourth-order valence-corrected chi connectivity index (χ4v) is 4.34. The monoisotopic (exact) mass is 436 g/mol. The van der Waals surface area contributed by atoms with Gasteiger partial charge >= 0.3 is 5.97 Å². The number of likely N-dealkylation sites (tertiary alicyclic amines) is 1. The van der Waals surface area contributed by atoms with Crippen LogP contribution in [0.2, 0.25) is 0 Å². The maximum atomic E-state index is 11.3. The van der Waals surface area contributed by atoms with Gasteiger partial charge in [-0.05, 0) is 77.7 Å². The molecule has 2 aromatic rings. The quantitative estimate of drug-likeness (QED) is 0.563. The molecule has 1 heterocycles.